The van der Waals surface area contributed by atoms with Gasteiger partial charge >= 0.3 is 24.2 Å². The third-order valence-electron chi connectivity index (χ3n) is 3.63. The molecule has 180 valence electrons. The zero-order chi connectivity index (χ0) is 24.9. The second kappa shape index (κ2) is 10.9. The van der Waals surface area contributed by atoms with Crippen LogP contribution in [0.2, 0.25) is 0 Å². The van der Waals surface area contributed by atoms with Crippen LogP contribution in [0.15, 0.2) is 18.2 Å². The van der Waals surface area contributed by atoms with E-state index in [9.17, 15) is 27.6 Å². The number of nitrogens with one attached hydrogen (secondary N) is 1. The van der Waals surface area contributed by atoms with Crippen LogP contribution in [0.1, 0.15) is 52.0 Å². The fourth-order valence-corrected chi connectivity index (χ4v) is 2.63. The summed E-state index contributed by atoms with van der Waals surface area (Å²) in [5.74, 6) is -1.43. The van der Waals surface area contributed by atoms with Crippen molar-refractivity contribution in [3.8, 4) is 0 Å². The van der Waals surface area contributed by atoms with Gasteiger partial charge in [0.05, 0.1) is 17.8 Å². The highest BCUT2D eigenvalue weighted by Gasteiger charge is 2.34. The van der Waals surface area contributed by atoms with Gasteiger partial charge in [-0.2, -0.15) is 13.2 Å². The number of nitrogens with zero attached hydrogens (tertiary/aromatic N) is 1. The summed E-state index contributed by atoms with van der Waals surface area (Å²) in [5.41, 5.74) is -3.27. The van der Waals surface area contributed by atoms with Crippen molar-refractivity contribution >= 4 is 35.3 Å². The highest BCUT2D eigenvalue weighted by atomic mass is 35.5. The van der Waals surface area contributed by atoms with E-state index in [0.29, 0.717) is 6.07 Å². The van der Waals surface area contributed by atoms with E-state index in [0.717, 1.165) is 19.1 Å². The number of hydrogen-bond acceptors (Lipinski definition) is 7. The molecule has 12 heteroatoms. The second-order valence-corrected chi connectivity index (χ2v) is 8.45. The van der Waals surface area contributed by atoms with Crippen LogP contribution >= 0.6 is 11.6 Å². The van der Waals surface area contributed by atoms with Crippen LogP contribution in [-0.4, -0.2) is 47.7 Å². The van der Waals surface area contributed by atoms with Crippen molar-refractivity contribution in [3.63, 3.8) is 0 Å². The Morgan fingerprint density at radius 3 is 2.22 bits per heavy atom. The molecule has 0 aromatic heterocycles. The average molecular weight is 483 g/mol. The number of anilines is 1. The third-order valence-corrected chi connectivity index (χ3v) is 3.72. The lowest BCUT2D eigenvalue weighted by Crippen LogP contribution is -2.37. The van der Waals surface area contributed by atoms with E-state index >= 15 is 0 Å². The molecule has 32 heavy (non-hydrogen) atoms. The Kier molecular flexibility index (Phi) is 9.34. The number of halogens is 4. The summed E-state index contributed by atoms with van der Waals surface area (Å²) in [6, 6.07) is 2.45. The third kappa shape index (κ3) is 9.31. The second-order valence-electron chi connectivity index (χ2n) is 7.84. The van der Waals surface area contributed by atoms with Gasteiger partial charge in [0.1, 0.15) is 5.60 Å². The normalized spacial score (nSPS) is 13.8. The first kappa shape index (κ1) is 27.5. The van der Waals surface area contributed by atoms with Gasteiger partial charge in [-0.05, 0) is 46.9 Å². The minimum Gasteiger partial charge on any atom is -0.459 e. The van der Waals surface area contributed by atoms with Gasteiger partial charge in [0.2, 0.25) is 0 Å². The van der Waals surface area contributed by atoms with Crippen LogP contribution in [0.25, 0.3) is 0 Å². The van der Waals surface area contributed by atoms with E-state index in [-0.39, 0.29) is 17.8 Å². The van der Waals surface area contributed by atoms with E-state index in [1.54, 1.807) is 20.8 Å². The van der Waals surface area contributed by atoms with Crippen LogP contribution in [0.5, 0.6) is 0 Å². The predicted octanol–water partition coefficient (Wildman–Crippen LogP) is 4.67. The van der Waals surface area contributed by atoms with E-state index in [2.05, 4.69) is 5.32 Å². The molecule has 2 atom stereocenters. The summed E-state index contributed by atoms with van der Waals surface area (Å²) in [7, 11) is 1.40. The fraction of sp³-hybridized carbons (Fsp3) is 0.550. The average Bonchev–Trinajstić information content (AvgIpc) is 2.56. The maximum absolute atomic E-state index is 13.2. The maximum Gasteiger partial charge on any atom is 0.416 e. The molecule has 0 saturated carbocycles. The van der Waals surface area contributed by atoms with Gasteiger partial charge in [-0.25, -0.2) is 4.79 Å². The lowest BCUT2D eigenvalue weighted by Gasteiger charge is -2.30. The molecule has 0 bridgehead atoms. The monoisotopic (exact) mass is 482 g/mol. The smallest absolute Gasteiger partial charge is 0.416 e. The number of rotatable bonds is 7. The topological polar surface area (TPSA) is 94.2 Å². The molecular weight excluding hydrogens is 457 g/mol. The first-order valence-electron chi connectivity index (χ1n) is 9.41. The molecule has 0 spiro atoms. The summed E-state index contributed by atoms with van der Waals surface area (Å²) in [4.78, 5) is 37.1. The lowest BCUT2D eigenvalue weighted by molar-refractivity contribution is -0.166. The van der Waals surface area contributed by atoms with E-state index in [1.807, 2.05) is 0 Å². The van der Waals surface area contributed by atoms with Crippen molar-refractivity contribution in [2.75, 3.05) is 18.9 Å². The molecule has 0 saturated heterocycles. The highest BCUT2D eigenvalue weighted by molar-refractivity contribution is 6.20. The van der Waals surface area contributed by atoms with Gasteiger partial charge in [-0.1, -0.05) is 17.7 Å². The summed E-state index contributed by atoms with van der Waals surface area (Å²) in [6.07, 6.45) is -7.16. The Labute approximate surface area is 188 Å². The van der Waals surface area contributed by atoms with E-state index in [4.69, 9.17) is 25.8 Å². The largest absolute Gasteiger partial charge is 0.459 e. The van der Waals surface area contributed by atoms with Crippen molar-refractivity contribution in [2.45, 2.75) is 58.2 Å². The first-order chi connectivity index (χ1) is 14.5. The summed E-state index contributed by atoms with van der Waals surface area (Å²) in [5, 5.41) is 2.17. The molecule has 0 fully saturated rings. The Bertz CT molecular complexity index is 840. The Hall–Kier alpha value is -2.53. The van der Waals surface area contributed by atoms with Gasteiger partial charge in [-0.15, -0.1) is 0 Å². The van der Waals surface area contributed by atoms with Crippen molar-refractivity contribution in [1.29, 1.82) is 0 Å². The molecule has 0 heterocycles. The molecule has 1 amide bonds. The molecular formula is C20H26ClF3N2O6. The number of carbonyl (C=O) groups is 3. The number of carbonyl (C=O) groups excluding carboxylic acids is 3. The van der Waals surface area contributed by atoms with Crippen LogP contribution < -0.4 is 5.32 Å². The van der Waals surface area contributed by atoms with Crippen LogP contribution in [0.4, 0.5) is 23.7 Å². The van der Waals surface area contributed by atoms with Crippen LogP contribution in [0, 0.1) is 0 Å². The van der Waals surface area contributed by atoms with Gasteiger partial charge in [0, 0.05) is 12.5 Å². The zero-order valence-corrected chi connectivity index (χ0v) is 19.3. The summed E-state index contributed by atoms with van der Waals surface area (Å²) >= 11 is 5.58. The Balaban J connectivity index is 3.38. The number of benzene rings is 1. The minimum atomic E-state index is -4.71. The molecule has 0 aliphatic heterocycles. The fourth-order valence-electron chi connectivity index (χ4n) is 2.55. The summed E-state index contributed by atoms with van der Waals surface area (Å²) in [6.45, 7) is 7.06. The van der Waals surface area contributed by atoms with Gasteiger partial charge in [0.15, 0.2) is 11.8 Å². The Morgan fingerprint density at radius 2 is 1.75 bits per heavy atom. The van der Waals surface area contributed by atoms with Crippen molar-refractivity contribution in [3.05, 3.63) is 29.3 Å². The van der Waals surface area contributed by atoms with Crippen molar-refractivity contribution in [2.24, 2.45) is 0 Å². The molecule has 0 radical (unpaired) electrons. The van der Waals surface area contributed by atoms with Gasteiger partial charge < -0.3 is 14.2 Å². The molecule has 1 aromatic carbocycles. The molecule has 8 nitrogen and oxygen atoms in total. The van der Waals surface area contributed by atoms with Gasteiger partial charge in [-0.3, -0.25) is 19.8 Å². The molecule has 0 aliphatic carbocycles. The summed E-state index contributed by atoms with van der Waals surface area (Å²) < 4.78 is 54.9. The highest BCUT2D eigenvalue weighted by Crippen LogP contribution is 2.36. The number of hydrogen-bond donors (Lipinski definition) is 1. The maximum atomic E-state index is 13.2. The first-order valence-corrected chi connectivity index (χ1v) is 9.85. The zero-order valence-electron chi connectivity index (χ0n) is 18.5. The molecule has 1 rings (SSSR count). The number of ether oxygens (including phenoxy) is 3. The number of amides is 1. The van der Waals surface area contributed by atoms with Gasteiger partial charge in [0.25, 0.3) is 0 Å². The quantitative estimate of drug-likeness (QED) is 0.261. The van der Waals surface area contributed by atoms with Crippen LogP contribution in [-0.2, 0) is 30.0 Å². The Morgan fingerprint density at radius 1 is 1.16 bits per heavy atom. The minimum absolute atomic E-state index is 0.0292. The number of alkyl halides is 4. The van der Waals surface area contributed by atoms with Crippen molar-refractivity contribution in [1.82, 2.24) is 4.90 Å². The van der Waals surface area contributed by atoms with Crippen molar-refractivity contribution < 1.29 is 41.8 Å². The standard InChI is InChI=1S/C20H26ClF3N2O6/c1-11(21)30-18(29)25-15-9-13(20(22,23)24)7-8-14(15)17(31-12(2)27)26(6)10-16(28)32-19(3,4)5/h7-9,11,17H,10H2,1-6H3,(H,25,29). The number of esters is 2. The SMILES string of the molecule is CC(=O)OC(c1ccc(C(F)(F)F)cc1NC(=O)OC(C)Cl)N(C)CC(=O)OC(C)(C)C. The van der Waals surface area contributed by atoms with E-state index in [1.165, 1.54) is 18.9 Å². The molecule has 1 aromatic rings. The lowest BCUT2D eigenvalue weighted by atomic mass is 10.1. The number of likely N-dealkylation sites (N-methyl/N-ethyl adjacent to an activating group) is 1. The molecule has 2 unspecified atom stereocenters. The van der Waals surface area contributed by atoms with E-state index < -0.39 is 47.2 Å². The van der Waals surface area contributed by atoms with Crippen LogP contribution in [0.3, 0.4) is 0 Å². The molecule has 0 aliphatic rings. The predicted molar refractivity (Wildman–Crippen MR) is 110 cm³/mol. The molecule has 1 N–H and O–H groups in total.